The van der Waals surface area contributed by atoms with E-state index in [0.717, 1.165) is 17.7 Å². The van der Waals surface area contributed by atoms with Crippen LogP contribution < -0.4 is 5.32 Å². The fourth-order valence-electron chi connectivity index (χ4n) is 2.51. The third-order valence-corrected chi connectivity index (χ3v) is 4.01. The van der Waals surface area contributed by atoms with E-state index < -0.39 is 0 Å². The van der Waals surface area contributed by atoms with Crippen LogP contribution in [0.1, 0.15) is 37.5 Å². The third kappa shape index (κ3) is 5.06. The summed E-state index contributed by atoms with van der Waals surface area (Å²) in [6.07, 6.45) is 2.39. The topological polar surface area (TPSA) is 61.7 Å². The number of carbonyl (C=O) groups excluding carboxylic acids is 1. The van der Waals surface area contributed by atoms with Crippen molar-refractivity contribution in [1.29, 1.82) is 0 Å². The molecule has 0 aliphatic carbocycles. The summed E-state index contributed by atoms with van der Waals surface area (Å²) in [7, 11) is 0. The van der Waals surface area contributed by atoms with E-state index in [9.17, 15) is 9.90 Å². The van der Waals surface area contributed by atoms with E-state index in [0.29, 0.717) is 5.56 Å². The Morgan fingerprint density at radius 3 is 2.38 bits per heavy atom. The molecule has 0 saturated heterocycles. The summed E-state index contributed by atoms with van der Waals surface area (Å²) in [5, 5.41) is 13.6. The quantitative estimate of drug-likeness (QED) is 0.448. The van der Waals surface area contributed by atoms with Gasteiger partial charge < -0.3 is 10.4 Å². The van der Waals surface area contributed by atoms with Crippen LogP contribution in [0.4, 0.5) is 5.69 Å². The predicted octanol–water partition coefficient (Wildman–Crippen LogP) is 4.75. The molecule has 0 bridgehead atoms. The minimum atomic E-state index is -0.352. The van der Waals surface area contributed by atoms with Gasteiger partial charge in [0.1, 0.15) is 5.76 Å². The van der Waals surface area contributed by atoms with E-state index in [1.54, 1.807) is 6.07 Å². The lowest BCUT2D eigenvalue weighted by molar-refractivity contribution is -0.117. The molecule has 0 unspecified atom stereocenters. The van der Waals surface area contributed by atoms with Crippen LogP contribution in [0.5, 0.6) is 0 Å². The molecule has 2 aromatic rings. The molecular weight excluding hydrogens is 324 g/mol. The van der Waals surface area contributed by atoms with Crippen molar-refractivity contribution in [3.8, 4) is 0 Å². The van der Waals surface area contributed by atoms with Crippen LogP contribution in [0.3, 0.4) is 0 Å². The molecular formula is C22H26N2O2. The first-order chi connectivity index (χ1) is 12.4. The molecule has 4 nitrogen and oxygen atoms in total. The first-order valence-electron chi connectivity index (χ1n) is 8.85. The van der Waals surface area contributed by atoms with Crippen LogP contribution in [0, 0.1) is 6.92 Å². The van der Waals surface area contributed by atoms with Crippen molar-refractivity contribution < 1.29 is 9.90 Å². The molecule has 2 aromatic carbocycles. The highest BCUT2D eigenvalue weighted by Gasteiger charge is 2.17. The number of nitrogens with one attached hydrogen (secondary N) is 1. The zero-order valence-electron chi connectivity index (χ0n) is 15.8. The number of benzene rings is 2. The SMILES string of the molecule is CCc1ccc(N=CC(C(=O)NC(C)C)=C(O)c2ccccc2C)cc1. The average Bonchev–Trinajstić information content (AvgIpc) is 2.62. The number of carbonyl (C=O) groups is 1. The van der Waals surface area contributed by atoms with E-state index in [4.69, 9.17) is 0 Å². The van der Waals surface area contributed by atoms with Crippen molar-refractivity contribution >= 4 is 23.6 Å². The average molecular weight is 350 g/mol. The van der Waals surface area contributed by atoms with Gasteiger partial charge in [-0.25, -0.2) is 0 Å². The molecule has 26 heavy (non-hydrogen) atoms. The second-order valence-electron chi connectivity index (χ2n) is 6.48. The van der Waals surface area contributed by atoms with Gasteiger partial charge in [0.05, 0.1) is 11.3 Å². The highest BCUT2D eigenvalue weighted by atomic mass is 16.3. The van der Waals surface area contributed by atoms with Crippen LogP contribution >= 0.6 is 0 Å². The Balaban J connectivity index is 2.43. The highest BCUT2D eigenvalue weighted by Crippen LogP contribution is 2.20. The number of aliphatic hydroxyl groups is 1. The zero-order chi connectivity index (χ0) is 19.1. The molecule has 2 rings (SSSR count). The Hall–Kier alpha value is -2.88. The van der Waals surface area contributed by atoms with Crippen LogP contribution in [0.25, 0.3) is 5.76 Å². The van der Waals surface area contributed by atoms with E-state index >= 15 is 0 Å². The maximum atomic E-state index is 12.6. The lowest BCUT2D eigenvalue weighted by Gasteiger charge is -2.12. The molecule has 0 aliphatic heterocycles. The molecule has 2 N–H and O–H groups in total. The molecule has 0 heterocycles. The summed E-state index contributed by atoms with van der Waals surface area (Å²) in [6, 6.07) is 15.2. The molecule has 1 amide bonds. The number of hydrogen-bond donors (Lipinski definition) is 2. The van der Waals surface area contributed by atoms with E-state index in [-0.39, 0.29) is 23.3 Å². The third-order valence-electron chi connectivity index (χ3n) is 4.01. The molecule has 0 spiro atoms. The van der Waals surface area contributed by atoms with Crippen molar-refractivity contribution in [2.45, 2.75) is 40.2 Å². The number of aryl methyl sites for hydroxylation is 2. The Morgan fingerprint density at radius 1 is 1.15 bits per heavy atom. The first kappa shape index (κ1) is 19.4. The highest BCUT2D eigenvalue weighted by molar-refractivity contribution is 6.17. The first-order valence-corrected chi connectivity index (χ1v) is 8.85. The van der Waals surface area contributed by atoms with Crippen molar-refractivity contribution in [3.63, 3.8) is 0 Å². The Kier molecular flexibility index (Phi) is 6.73. The summed E-state index contributed by atoms with van der Waals surface area (Å²) in [6.45, 7) is 7.74. The molecule has 136 valence electrons. The number of aliphatic hydroxyl groups excluding tert-OH is 1. The smallest absolute Gasteiger partial charge is 0.256 e. The Morgan fingerprint density at radius 2 is 1.81 bits per heavy atom. The van der Waals surface area contributed by atoms with Crippen LogP contribution in [0.15, 0.2) is 59.1 Å². The fraction of sp³-hybridized carbons (Fsp3) is 0.273. The molecule has 0 saturated carbocycles. The predicted molar refractivity (Wildman–Crippen MR) is 108 cm³/mol. The van der Waals surface area contributed by atoms with Gasteiger partial charge in [0.2, 0.25) is 0 Å². The fourth-order valence-corrected chi connectivity index (χ4v) is 2.51. The van der Waals surface area contributed by atoms with Crippen molar-refractivity contribution in [1.82, 2.24) is 5.32 Å². The number of aliphatic imine (C=N–C) groups is 1. The Labute approximate surface area is 155 Å². The summed E-state index contributed by atoms with van der Waals surface area (Å²) < 4.78 is 0. The second kappa shape index (κ2) is 8.99. The lowest BCUT2D eigenvalue weighted by Crippen LogP contribution is -2.32. The van der Waals surface area contributed by atoms with Crippen LogP contribution in [0.2, 0.25) is 0 Å². The number of amides is 1. The Bertz CT molecular complexity index is 818. The maximum absolute atomic E-state index is 12.6. The normalized spacial score (nSPS) is 12.3. The second-order valence-corrected chi connectivity index (χ2v) is 6.48. The van der Waals surface area contributed by atoms with Crippen LogP contribution in [-0.2, 0) is 11.2 Å². The summed E-state index contributed by atoms with van der Waals surface area (Å²) in [5.74, 6) is -0.426. The van der Waals surface area contributed by atoms with E-state index in [1.807, 2.05) is 63.2 Å². The number of nitrogens with zero attached hydrogens (tertiary/aromatic N) is 1. The van der Waals surface area contributed by atoms with Gasteiger partial charge in [-0.1, -0.05) is 43.3 Å². The molecule has 0 radical (unpaired) electrons. The van der Waals surface area contributed by atoms with Gasteiger partial charge in [0.15, 0.2) is 0 Å². The van der Waals surface area contributed by atoms with Crippen molar-refractivity contribution in [2.24, 2.45) is 4.99 Å². The van der Waals surface area contributed by atoms with Gasteiger partial charge in [-0.15, -0.1) is 0 Å². The standard InChI is InChI=1S/C22H26N2O2/c1-5-17-10-12-18(13-11-17)23-14-20(22(26)24-15(2)3)21(25)19-9-7-6-8-16(19)4/h6-15,25H,5H2,1-4H3,(H,24,26). The largest absolute Gasteiger partial charge is 0.506 e. The monoisotopic (exact) mass is 350 g/mol. The number of rotatable bonds is 6. The van der Waals surface area contributed by atoms with Gasteiger partial charge >= 0.3 is 0 Å². The van der Waals surface area contributed by atoms with Gasteiger partial charge in [-0.2, -0.15) is 0 Å². The van der Waals surface area contributed by atoms with Gasteiger partial charge in [-0.05, 0) is 50.5 Å². The maximum Gasteiger partial charge on any atom is 0.256 e. The summed E-state index contributed by atoms with van der Waals surface area (Å²) in [4.78, 5) is 17.0. The number of hydrogen-bond acceptors (Lipinski definition) is 3. The van der Waals surface area contributed by atoms with Gasteiger partial charge in [-0.3, -0.25) is 9.79 Å². The lowest BCUT2D eigenvalue weighted by atomic mass is 10.0. The minimum absolute atomic E-state index is 0.0422. The van der Waals surface area contributed by atoms with Crippen molar-refractivity contribution in [2.75, 3.05) is 0 Å². The summed E-state index contributed by atoms with van der Waals surface area (Å²) in [5.41, 5.74) is 3.61. The zero-order valence-corrected chi connectivity index (χ0v) is 15.8. The van der Waals surface area contributed by atoms with Crippen molar-refractivity contribution in [3.05, 3.63) is 70.8 Å². The molecule has 0 atom stereocenters. The molecule has 0 aromatic heterocycles. The van der Waals surface area contributed by atoms with Crippen LogP contribution in [-0.4, -0.2) is 23.3 Å². The van der Waals surface area contributed by atoms with E-state index in [2.05, 4.69) is 17.2 Å². The molecule has 0 aliphatic rings. The van der Waals surface area contributed by atoms with Gasteiger partial charge in [0.25, 0.3) is 5.91 Å². The van der Waals surface area contributed by atoms with E-state index in [1.165, 1.54) is 11.8 Å². The van der Waals surface area contributed by atoms with Gasteiger partial charge in [0, 0.05) is 17.8 Å². The minimum Gasteiger partial charge on any atom is -0.506 e. The molecule has 4 heteroatoms. The summed E-state index contributed by atoms with van der Waals surface area (Å²) >= 11 is 0. The molecule has 0 fully saturated rings.